The second kappa shape index (κ2) is 7.82. The van der Waals surface area contributed by atoms with Crippen molar-refractivity contribution in [2.45, 2.75) is 20.5 Å². The summed E-state index contributed by atoms with van der Waals surface area (Å²) < 4.78 is 7.88. The number of aldehydes is 1. The summed E-state index contributed by atoms with van der Waals surface area (Å²) in [6.07, 6.45) is 2.69. The Balaban J connectivity index is 1.59. The van der Waals surface area contributed by atoms with E-state index in [1.165, 1.54) is 11.3 Å². The Morgan fingerprint density at radius 1 is 1.07 bits per heavy atom. The van der Waals surface area contributed by atoms with Crippen LogP contribution in [0.3, 0.4) is 0 Å². The molecule has 0 bridgehead atoms. The van der Waals surface area contributed by atoms with Crippen molar-refractivity contribution in [2.24, 2.45) is 0 Å². The number of carbonyl (C=O) groups excluding carboxylic acids is 1. The number of ether oxygens (including phenoxy) is 1. The maximum atomic E-state index is 11.2. The molecule has 0 amide bonds. The van der Waals surface area contributed by atoms with Gasteiger partial charge in [0.1, 0.15) is 12.4 Å². The van der Waals surface area contributed by atoms with E-state index in [1.54, 1.807) is 10.6 Å². The molecule has 2 aromatic carbocycles. The highest BCUT2D eigenvalue weighted by atomic mass is 32.1. The van der Waals surface area contributed by atoms with Gasteiger partial charge in [0.15, 0.2) is 11.4 Å². The number of hydrogen-bond donors (Lipinski definition) is 0. The van der Waals surface area contributed by atoms with Crippen molar-refractivity contribution in [3.8, 4) is 22.1 Å². The molecule has 4 aromatic rings. The lowest BCUT2D eigenvalue weighted by Crippen LogP contribution is -1.99. The van der Waals surface area contributed by atoms with E-state index in [0.717, 1.165) is 45.1 Å². The molecule has 2 heterocycles. The van der Waals surface area contributed by atoms with Crippen LogP contribution >= 0.6 is 11.3 Å². The molecule has 4 nitrogen and oxygen atoms in total. The first-order chi connectivity index (χ1) is 13.7. The van der Waals surface area contributed by atoms with Gasteiger partial charge in [0.05, 0.1) is 11.4 Å². The summed E-state index contributed by atoms with van der Waals surface area (Å²) in [5, 5.41) is 2.80. The van der Waals surface area contributed by atoms with Crippen molar-refractivity contribution in [1.29, 1.82) is 0 Å². The quantitative estimate of drug-likeness (QED) is 0.403. The zero-order valence-electron chi connectivity index (χ0n) is 15.8. The Labute approximate surface area is 168 Å². The summed E-state index contributed by atoms with van der Waals surface area (Å²) in [7, 11) is 0. The summed E-state index contributed by atoms with van der Waals surface area (Å²) in [6.45, 7) is 4.66. The molecule has 0 fully saturated rings. The summed E-state index contributed by atoms with van der Waals surface area (Å²) >= 11 is 1.52. The molecule has 0 radical (unpaired) electrons. The normalized spacial score (nSPS) is 10.8. The van der Waals surface area contributed by atoms with Gasteiger partial charge in [-0.25, -0.2) is 4.98 Å². The van der Waals surface area contributed by atoms with Gasteiger partial charge in [-0.2, -0.15) is 0 Å². The van der Waals surface area contributed by atoms with Crippen LogP contribution in [-0.2, 0) is 6.61 Å². The van der Waals surface area contributed by atoms with E-state index < -0.39 is 0 Å². The number of nitrogens with zero attached hydrogens (tertiary/aromatic N) is 2. The van der Waals surface area contributed by atoms with Crippen LogP contribution in [0.4, 0.5) is 0 Å². The predicted octanol–water partition coefficient (Wildman–Crippen LogP) is 5.61. The third kappa shape index (κ3) is 3.62. The smallest absolute Gasteiger partial charge is 0.194 e. The van der Waals surface area contributed by atoms with E-state index in [1.807, 2.05) is 35.8 Å². The molecule has 0 aliphatic carbocycles. The van der Waals surface area contributed by atoms with Crippen LogP contribution in [0, 0.1) is 13.8 Å². The van der Waals surface area contributed by atoms with Crippen molar-refractivity contribution in [2.75, 3.05) is 0 Å². The number of aromatic nitrogens is 2. The molecule has 4 rings (SSSR count). The Bertz CT molecular complexity index is 1090. The van der Waals surface area contributed by atoms with Gasteiger partial charge in [-0.3, -0.25) is 9.36 Å². The Morgan fingerprint density at radius 3 is 2.54 bits per heavy atom. The maximum Gasteiger partial charge on any atom is 0.194 e. The number of carbonyl (C=O) groups is 1. The molecule has 2 aromatic heterocycles. The van der Waals surface area contributed by atoms with Crippen LogP contribution in [0.1, 0.15) is 27.2 Å². The third-order valence-corrected chi connectivity index (χ3v) is 5.42. The zero-order valence-corrected chi connectivity index (χ0v) is 16.6. The lowest BCUT2D eigenvalue weighted by atomic mass is 10.0. The molecule has 0 atom stereocenters. The fourth-order valence-electron chi connectivity index (χ4n) is 3.23. The first kappa shape index (κ1) is 18.2. The maximum absolute atomic E-state index is 11.2. The molecule has 5 heteroatoms. The highest BCUT2D eigenvalue weighted by molar-refractivity contribution is 7.12. The van der Waals surface area contributed by atoms with E-state index in [4.69, 9.17) is 9.72 Å². The molecule has 0 spiro atoms. The highest BCUT2D eigenvalue weighted by Gasteiger charge is 2.12. The van der Waals surface area contributed by atoms with Crippen LogP contribution in [0.2, 0.25) is 0 Å². The van der Waals surface area contributed by atoms with Gasteiger partial charge in [-0.15, -0.1) is 11.3 Å². The monoisotopic (exact) mass is 388 g/mol. The lowest BCUT2D eigenvalue weighted by molar-refractivity contribution is 0.111. The molecule has 0 aliphatic heterocycles. The van der Waals surface area contributed by atoms with E-state index in [2.05, 4.69) is 38.1 Å². The van der Waals surface area contributed by atoms with Crippen LogP contribution < -0.4 is 4.74 Å². The van der Waals surface area contributed by atoms with E-state index >= 15 is 0 Å². The summed E-state index contributed by atoms with van der Waals surface area (Å²) in [5.74, 6) is 0.914. The molecular formula is C23H20N2O2S. The highest BCUT2D eigenvalue weighted by Crippen LogP contribution is 2.32. The third-order valence-electron chi connectivity index (χ3n) is 4.58. The molecule has 0 saturated carbocycles. The molecule has 0 unspecified atom stereocenters. The van der Waals surface area contributed by atoms with Gasteiger partial charge in [0, 0.05) is 17.1 Å². The molecule has 28 heavy (non-hydrogen) atoms. The lowest BCUT2D eigenvalue weighted by Gasteiger charge is -2.13. The van der Waals surface area contributed by atoms with Crippen molar-refractivity contribution < 1.29 is 9.53 Å². The predicted molar refractivity (Wildman–Crippen MR) is 113 cm³/mol. The topological polar surface area (TPSA) is 44.1 Å². The van der Waals surface area contributed by atoms with Crippen LogP contribution in [-0.4, -0.2) is 15.8 Å². The zero-order chi connectivity index (χ0) is 19.5. The minimum Gasteiger partial charge on any atom is -0.488 e. The number of benzene rings is 2. The Kier molecular flexibility index (Phi) is 5.08. The SMILES string of the molecule is Cc1cc(-c2csc(-n3cccc3C=O)n2)cc(C)c1OCc1ccccc1. The van der Waals surface area contributed by atoms with Crippen LogP contribution in [0.25, 0.3) is 16.4 Å². The second-order valence-electron chi connectivity index (χ2n) is 6.65. The Morgan fingerprint density at radius 2 is 1.82 bits per heavy atom. The number of aryl methyl sites for hydroxylation is 2. The van der Waals surface area contributed by atoms with Gasteiger partial charge in [-0.05, 0) is 54.8 Å². The summed E-state index contributed by atoms with van der Waals surface area (Å²) in [6, 6.07) is 18.0. The summed E-state index contributed by atoms with van der Waals surface area (Å²) in [5.41, 5.74) is 5.84. The summed E-state index contributed by atoms with van der Waals surface area (Å²) in [4.78, 5) is 15.9. The van der Waals surface area contributed by atoms with Crippen molar-refractivity contribution in [3.63, 3.8) is 0 Å². The van der Waals surface area contributed by atoms with E-state index in [9.17, 15) is 4.79 Å². The first-order valence-electron chi connectivity index (χ1n) is 9.02. The number of rotatable bonds is 6. The van der Waals surface area contributed by atoms with E-state index in [-0.39, 0.29) is 0 Å². The average molecular weight is 388 g/mol. The molecule has 140 valence electrons. The molecule has 0 N–H and O–H groups in total. The molecular weight excluding hydrogens is 368 g/mol. The van der Waals surface area contributed by atoms with Crippen LogP contribution in [0.5, 0.6) is 5.75 Å². The second-order valence-corrected chi connectivity index (χ2v) is 7.49. The number of thiazole rings is 1. The average Bonchev–Trinajstić information content (AvgIpc) is 3.37. The van der Waals surface area contributed by atoms with E-state index in [0.29, 0.717) is 12.3 Å². The van der Waals surface area contributed by atoms with Gasteiger partial charge in [0.2, 0.25) is 0 Å². The molecule has 0 aliphatic rings. The minimum atomic E-state index is 0.546. The first-order valence-corrected chi connectivity index (χ1v) is 9.90. The van der Waals surface area contributed by atoms with Gasteiger partial charge in [-0.1, -0.05) is 30.3 Å². The van der Waals surface area contributed by atoms with Gasteiger partial charge >= 0.3 is 0 Å². The fourth-order valence-corrected chi connectivity index (χ4v) is 4.06. The van der Waals surface area contributed by atoms with Gasteiger partial charge < -0.3 is 4.74 Å². The largest absolute Gasteiger partial charge is 0.488 e. The number of hydrogen-bond acceptors (Lipinski definition) is 4. The Hall–Kier alpha value is -3.18. The molecule has 0 saturated heterocycles. The van der Waals surface area contributed by atoms with Crippen molar-refractivity contribution in [3.05, 3.63) is 88.6 Å². The minimum absolute atomic E-state index is 0.546. The van der Waals surface area contributed by atoms with Crippen molar-refractivity contribution >= 4 is 17.6 Å². The van der Waals surface area contributed by atoms with Crippen LogP contribution in [0.15, 0.2) is 66.2 Å². The fraction of sp³-hybridized carbons (Fsp3) is 0.130. The standard InChI is InChI=1S/C23H20N2O2S/c1-16-11-19(12-17(2)22(16)27-14-18-7-4-3-5-8-18)21-15-28-23(24-21)25-10-6-9-20(25)13-26/h3-13,15H,14H2,1-2H3. The van der Waals surface area contributed by atoms with Crippen molar-refractivity contribution in [1.82, 2.24) is 9.55 Å². The van der Waals surface area contributed by atoms with Gasteiger partial charge in [0.25, 0.3) is 0 Å².